The van der Waals surface area contributed by atoms with Gasteiger partial charge in [-0.05, 0) is 49.8 Å². The molecular formula is C15H20N6O2S. The molecule has 0 saturated heterocycles. The van der Waals surface area contributed by atoms with E-state index in [9.17, 15) is 9.59 Å². The Labute approximate surface area is 144 Å². The van der Waals surface area contributed by atoms with Crippen molar-refractivity contribution < 1.29 is 9.59 Å². The summed E-state index contributed by atoms with van der Waals surface area (Å²) in [6.07, 6.45) is 0. The van der Waals surface area contributed by atoms with Crippen LogP contribution in [0.1, 0.15) is 31.0 Å². The summed E-state index contributed by atoms with van der Waals surface area (Å²) >= 11 is 1.18. The summed E-state index contributed by atoms with van der Waals surface area (Å²) in [4.78, 5) is 23.8. The highest BCUT2D eigenvalue weighted by Gasteiger charge is 2.14. The molecule has 0 spiro atoms. The molecular weight excluding hydrogens is 328 g/mol. The van der Waals surface area contributed by atoms with E-state index >= 15 is 0 Å². The van der Waals surface area contributed by atoms with Crippen molar-refractivity contribution in [1.82, 2.24) is 25.5 Å². The third-order valence-corrected chi connectivity index (χ3v) is 4.10. The first-order valence-electron chi connectivity index (χ1n) is 7.45. The maximum atomic E-state index is 11.9. The molecule has 8 nitrogen and oxygen atoms in total. The number of thioether (sulfide) groups is 1. The Bertz CT molecular complexity index is 743. The van der Waals surface area contributed by atoms with E-state index < -0.39 is 11.9 Å². The molecule has 1 heterocycles. The molecule has 0 aliphatic carbocycles. The Balaban J connectivity index is 1.85. The van der Waals surface area contributed by atoms with Crippen LogP contribution in [0.3, 0.4) is 0 Å². The number of benzene rings is 1. The van der Waals surface area contributed by atoms with E-state index in [1.807, 2.05) is 39.8 Å². The molecule has 1 aromatic carbocycles. The van der Waals surface area contributed by atoms with Crippen LogP contribution >= 0.6 is 11.8 Å². The number of rotatable bonds is 5. The van der Waals surface area contributed by atoms with Crippen LogP contribution in [-0.2, 0) is 4.79 Å². The first kappa shape index (κ1) is 17.9. The van der Waals surface area contributed by atoms with Crippen molar-refractivity contribution in [1.29, 1.82) is 0 Å². The van der Waals surface area contributed by atoms with Gasteiger partial charge in [-0.25, -0.2) is 9.48 Å². The quantitative estimate of drug-likeness (QED) is 0.804. The number of hydrogen-bond donors (Lipinski definition) is 2. The predicted molar refractivity (Wildman–Crippen MR) is 92.0 cm³/mol. The molecule has 2 aromatic rings. The van der Waals surface area contributed by atoms with Crippen LogP contribution in [0.2, 0.25) is 0 Å². The van der Waals surface area contributed by atoms with Crippen molar-refractivity contribution >= 4 is 29.4 Å². The molecule has 0 fully saturated rings. The minimum atomic E-state index is -0.559. The number of anilines is 1. The highest BCUT2D eigenvalue weighted by Crippen LogP contribution is 2.17. The second kappa shape index (κ2) is 7.91. The van der Waals surface area contributed by atoms with Crippen molar-refractivity contribution in [3.8, 4) is 0 Å². The van der Waals surface area contributed by atoms with Crippen molar-refractivity contribution in [3.63, 3.8) is 0 Å². The molecule has 0 atom stereocenters. The number of urea groups is 1. The number of aryl methyl sites for hydroxylation is 2. The molecule has 0 bridgehead atoms. The average Bonchev–Trinajstić information content (AvgIpc) is 2.97. The van der Waals surface area contributed by atoms with Crippen LogP contribution in [-0.4, -0.2) is 37.9 Å². The summed E-state index contributed by atoms with van der Waals surface area (Å²) < 4.78 is 1.62. The third kappa shape index (κ3) is 4.79. The van der Waals surface area contributed by atoms with Crippen LogP contribution in [0.4, 0.5) is 10.5 Å². The fourth-order valence-electron chi connectivity index (χ4n) is 2.00. The van der Waals surface area contributed by atoms with Gasteiger partial charge < -0.3 is 5.32 Å². The van der Waals surface area contributed by atoms with Crippen LogP contribution < -0.4 is 10.6 Å². The van der Waals surface area contributed by atoms with Crippen molar-refractivity contribution in [2.45, 2.75) is 38.9 Å². The van der Waals surface area contributed by atoms with Gasteiger partial charge in [0.1, 0.15) is 0 Å². The summed E-state index contributed by atoms with van der Waals surface area (Å²) in [6, 6.07) is 5.19. The molecule has 2 rings (SSSR count). The van der Waals surface area contributed by atoms with E-state index in [2.05, 4.69) is 26.2 Å². The Morgan fingerprint density at radius 3 is 2.71 bits per heavy atom. The maximum absolute atomic E-state index is 11.9. The summed E-state index contributed by atoms with van der Waals surface area (Å²) in [7, 11) is 0. The van der Waals surface area contributed by atoms with Gasteiger partial charge in [0.2, 0.25) is 11.1 Å². The molecule has 0 radical (unpaired) electrons. The number of tetrazole rings is 1. The number of carbonyl (C=O) groups is 2. The second-order valence-corrected chi connectivity index (χ2v) is 6.55. The molecule has 9 heteroatoms. The van der Waals surface area contributed by atoms with Gasteiger partial charge in [-0.1, -0.05) is 29.5 Å². The number of aromatic nitrogens is 4. The summed E-state index contributed by atoms with van der Waals surface area (Å²) in [5, 5.41) is 16.8. The lowest BCUT2D eigenvalue weighted by Crippen LogP contribution is -2.35. The highest BCUT2D eigenvalue weighted by atomic mass is 32.2. The lowest BCUT2D eigenvalue weighted by molar-refractivity contribution is -0.117. The smallest absolute Gasteiger partial charge is 0.307 e. The molecule has 24 heavy (non-hydrogen) atoms. The van der Waals surface area contributed by atoms with E-state index in [1.54, 1.807) is 10.7 Å². The molecule has 1 aromatic heterocycles. The van der Waals surface area contributed by atoms with Crippen LogP contribution in [0.15, 0.2) is 23.4 Å². The Hall–Kier alpha value is -2.42. The SMILES string of the molecule is Cc1ccc(NC(=O)NC(=O)CSc2nnnn2C(C)C)c(C)c1. The fourth-order valence-corrected chi connectivity index (χ4v) is 2.81. The van der Waals surface area contributed by atoms with Crippen LogP contribution in [0.5, 0.6) is 0 Å². The standard InChI is InChI=1S/C15H20N6O2S/c1-9(2)21-15(18-19-20-21)24-8-13(22)17-14(23)16-12-6-5-10(3)7-11(12)4/h5-7,9H,8H2,1-4H3,(H2,16,17,22,23). The minimum Gasteiger partial charge on any atom is -0.307 e. The second-order valence-electron chi connectivity index (χ2n) is 5.61. The minimum absolute atomic E-state index is 0.0490. The van der Waals surface area contributed by atoms with E-state index in [4.69, 9.17) is 0 Å². The number of nitrogens with one attached hydrogen (secondary N) is 2. The van der Waals surface area contributed by atoms with Crippen molar-refractivity contribution in [3.05, 3.63) is 29.3 Å². The van der Waals surface area contributed by atoms with E-state index in [-0.39, 0.29) is 11.8 Å². The fraction of sp³-hybridized carbons (Fsp3) is 0.400. The third-order valence-electron chi connectivity index (χ3n) is 3.17. The topological polar surface area (TPSA) is 102 Å². The lowest BCUT2D eigenvalue weighted by Gasteiger charge is -2.10. The first-order valence-corrected chi connectivity index (χ1v) is 8.44. The largest absolute Gasteiger partial charge is 0.325 e. The van der Waals surface area contributed by atoms with Gasteiger partial charge in [0.25, 0.3) is 0 Å². The van der Waals surface area contributed by atoms with Gasteiger partial charge in [0.15, 0.2) is 0 Å². The number of carbonyl (C=O) groups excluding carboxylic acids is 2. The average molecular weight is 348 g/mol. The zero-order valence-electron chi connectivity index (χ0n) is 14.0. The maximum Gasteiger partial charge on any atom is 0.325 e. The van der Waals surface area contributed by atoms with Crippen LogP contribution in [0.25, 0.3) is 0 Å². The van der Waals surface area contributed by atoms with Gasteiger partial charge in [-0.2, -0.15) is 0 Å². The van der Waals surface area contributed by atoms with Gasteiger partial charge in [-0.3, -0.25) is 10.1 Å². The predicted octanol–water partition coefficient (Wildman–Crippen LogP) is 2.31. The molecule has 0 saturated carbocycles. The molecule has 3 amide bonds. The lowest BCUT2D eigenvalue weighted by atomic mass is 10.1. The summed E-state index contributed by atoms with van der Waals surface area (Å²) in [6.45, 7) is 7.75. The zero-order chi connectivity index (χ0) is 17.7. The number of imide groups is 1. The van der Waals surface area contributed by atoms with Gasteiger partial charge in [0.05, 0.1) is 11.8 Å². The first-order chi connectivity index (χ1) is 11.4. The normalized spacial score (nSPS) is 10.7. The molecule has 128 valence electrons. The Morgan fingerprint density at radius 2 is 2.04 bits per heavy atom. The van der Waals surface area contributed by atoms with Crippen molar-refractivity contribution in [2.75, 3.05) is 11.1 Å². The number of nitrogens with zero attached hydrogens (tertiary/aromatic N) is 4. The highest BCUT2D eigenvalue weighted by molar-refractivity contribution is 7.99. The van der Waals surface area contributed by atoms with Crippen LogP contribution in [0, 0.1) is 13.8 Å². The summed E-state index contributed by atoms with van der Waals surface area (Å²) in [5.74, 6) is -0.367. The van der Waals surface area contributed by atoms with Crippen molar-refractivity contribution in [2.24, 2.45) is 0 Å². The Kier molecular flexibility index (Phi) is 5.91. The molecule has 0 aliphatic heterocycles. The van der Waals surface area contributed by atoms with Gasteiger partial charge >= 0.3 is 6.03 Å². The zero-order valence-corrected chi connectivity index (χ0v) is 14.8. The van der Waals surface area contributed by atoms with E-state index in [0.29, 0.717) is 10.8 Å². The molecule has 0 unspecified atom stereocenters. The summed E-state index contributed by atoms with van der Waals surface area (Å²) in [5.41, 5.74) is 2.71. The van der Waals surface area contributed by atoms with Gasteiger partial charge in [0, 0.05) is 5.69 Å². The van der Waals surface area contributed by atoms with E-state index in [0.717, 1.165) is 11.1 Å². The molecule has 0 aliphatic rings. The Morgan fingerprint density at radius 1 is 1.29 bits per heavy atom. The number of amides is 3. The monoisotopic (exact) mass is 348 g/mol. The van der Waals surface area contributed by atoms with Gasteiger partial charge in [-0.15, -0.1) is 5.10 Å². The number of hydrogen-bond acceptors (Lipinski definition) is 6. The molecule has 2 N–H and O–H groups in total. The van der Waals surface area contributed by atoms with E-state index in [1.165, 1.54) is 11.8 Å².